The van der Waals surface area contributed by atoms with Gasteiger partial charge in [-0.05, 0) is 35.4 Å². The number of rotatable bonds is 7. The fraction of sp³-hybridized carbons (Fsp3) is 0.0870. The molecule has 0 saturated carbocycles. The summed E-state index contributed by atoms with van der Waals surface area (Å²) < 4.78 is 0. The molecule has 0 bridgehead atoms. The van der Waals surface area contributed by atoms with E-state index in [1.54, 1.807) is 36.4 Å². The van der Waals surface area contributed by atoms with E-state index < -0.39 is 17.9 Å². The highest BCUT2D eigenvalue weighted by Gasteiger charge is 2.22. The predicted molar refractivity (Wildman–Crippen MR) is 124 cm³/mol. The third-order valence-corrected chi connectivity index (χ3v) is 5.43. The second-order valence-corrected chi connectivity index (χ2v) is 7.79. The molecule has 2 aromatic carbocycles. The Morgan fingerprint density at radius 3 is 2.26 bits per heavy atom. The summed E-state index contributed by atoms with van der Waals surface area (Å²) >= 11 is 18.2. The smallest absolute Gasteiger partial charge is 0.326 e. The average molecular weight is 476 g/mol. The summed E-state index contributed by atoms with van der Waals surface area (Å²) in [4.78, 5) is 27.8. The number of aliphatic carboxylic acids is 1. The van der Waals surface area contributed by atoms with Crippen LogP contribution in [-0.4, -0.2) is 28.0 Å². The van der Waals surface area contributed by atoms with Crippen LogP contribution in [0.15, 0.2) is 60.8 Å². The first-order chi connectivity index (χ1) is 14.8. The van der Waals surface area contributed by atoms with Crippen molar-refractivity contribution in [2.24, 2.45) is 0 Å². The van der Waals surface area contributed by atoms with E-state index in [0.717, 1.165) is 16.7 Å². The summed E-state index contributed by atoms with van der Waals surface area (Å²) in [5, 5.41) is 13.1. The van der Waals surface area contributed by atoms with Crippen molar-refractivity contribution in [1.82, 2.24) is 10.3 Å². The number of carboxylic acids is 1. The van der Waals surface area contributed by atoms with E-state index in [-0.39, 0.29) is 17.1 Å². The molecule has 0 aliphatic rings. The maximum atomic E-state index is 12.4. The van der Waals surface area contributed by atoms with Gasteiger partial charge in [-0.2, -0.15) is 0 Å². The second kappa shape index (κ2) is 10.4. The summed E-state index contributed by atoms with van der Waals surface area (Å²) in [7, 11) is 0. The van der Waals surface area contributed by atoms with Crippen LogP contribution in [-0.2, 0) is 11.2 Å². The van der Waals surface area contributed by atoms with Gasteiger partial charge < -0.3 is 10.4 Å². The molecular formula is C23H17Cl3N2O3. The summed E-state index contributed by atoms with van der Waals surface area (Å²) in [6, 6.07) is 14.5. The van der Waals surface area contributed by atoms with Crippen LogP contribution in [0, 0.1) is 0 Å². The summed E-state index contributed by atoms with van der Waals surface area (Å²) in [6.45, 7) is 0. The number of hydrogen-bond donors (Lipinski definition) is 2. The Hall–Kier alpha value is -2.86. The van der Waals surface area contributed by atoms with Gasteiger partial charge in [-0.1, -0.05) is 77.3 Å². The minimum Gasteiger partial charge on any atom is -0.480 e. The van der Waals surface area contributed by atoms with E-state index in [9.17, 15) is 14.7 Å². The molecule has 1 atom stereocenters. The number of hydrogen-bond acceptors (Lipinski definition) is 3. The summed E-state index contributed by atoms with van der Waals surface area (Å²) in [5.41, 5.74) is 2.47. The van der Waals surface area contributed by atoms with Gasteiger partial charge in [0.05, 0.1) is 5.56 Å². The Bertz CT molecular complexity index is 1110. The highest BCUT2D eigenvalue weighted by atomic mass is 35.5. The molecule has 8 heteroatoms. The SMILES string of the molecule is O=C(NC(Cc1ccc(C=Cc2c(Cl)cccc2Cl)cc1)C(=O)O)c1cccnc1Cl. The molecule has 1 unspecified atom stereocenters. The number of halogens is 3. The number of aromatic nitrogens is 1. The Morgan fingerprint density at radius 1 is 0.968 bits per heavy atom. The fourth-order valence-corrected chi connectivity index (χ4v) is 3.57. The molecule has 0 aliphatic heterocycles. The number of benzene rings is 2. The van der Waals surface area contributed by atoms with Crippen molar-refractivity contribution >= 4 is 58.8 Å². The van der Waals surface area contributed by atoms with Crippen LogP contribution in [0.5, 0.6) is 0 Å². The number of pyridine rings is 1. The van der Waals surface area contributed by atoms with Crippen LogP contribution < -0.4 is 5.32 Å². The quantitative estimate of drug-likeness (QED) is 0.342. The third kappa shape index (κ3) is 6.07. The molecule has 0 aliphatic carbocycles. The van der Waals surface area contributed by atoms with Crippen molar-refractivity contribution in [3.8, 4) is 0 Å². The van der Waals surface area contributed by atoms with Gasteiger partial charge in [0.2, 0.25) is 0 Å². The van der Waals surface area contributed by atoms with Gasteiger partial charge >= 0.3 is 5.97 Å². The second-order valence-electron chi connectivity index (χ2n) is 6.62. The standard InChI is InChI=1S/C23H17Cl3N2O3/c24-18-4-1-5-19(25)16(18)11-10-14-6-8-15(9-7-14)13-20(23(30)31)28-22(29)17-3-2-12-27-21(17)26/h1-12,20H,13H2,(H,28,29)(H,30,31). The first-order valence-corrected chi connectivity index (χ1v) is 10.3. The molecule has 0 radical (unpaired) electrons. The molecule has 1 amide bonds. The number of carbonyl (C=O) groups is 2. The molecule has 158 valence electrons. The Labute approximate surface area is 194 Å². The number of carbonyl (C=O) groups excluding carboxylic acids is 1. The lowest BCUT2D eigenvalue weighted by atomic mass is 10.0. The van der Waals surface area contributed by atoms with E-state index in [1.807, 2.05) is 24.3 Å². The van der Waals surface area contributed by atoms with Crippen molar-refractivity contribution in [1.29, 1.82) is 0 Å². The number of nitrogens with zero attached hydrogens (tertiary/aromatic N) is 1. The maximum absolute atomic E-state index is 12.4. The van der Waals surface area contributed by atoms with Crippen molar-refractivity contribution in [3.05, 3.63) is 98.2 Å². The highest BCUT2D eigenvalue weighted by molar-refractivity contribution is 6.37. The van der Waals surface area contributed by atoms with Gasteiger partial charge in [0.25, 0.3) is 5.91 Å². The first-order valence-electron chi connectivity index (χ1n) is 9.20. The van der Waals surface area contributed by atoms with Gasteiger partial charge in [0, 0.05) is 28.2 Å². The van der Waals surface area contributed by atoms with Crippen LogP contribution in [0.4, 0.5) is 0 Å². The molecular weight excluding hydrogens is 459 g/mol. The zero-order chi connectivity index (χ0) is 22.4. The number of carboxylic acid groups (broad SMARTS) is 1. The zero-order valence-corrected chi connectivity index (χ0v) is 18.3. The minimum atomic E-state index is -1.15. The molecule has 1 aromatic heterocycles. The Morgan fingerprint density at radius 2 is 1.65 bits per heavy atom. The van der Waals surface area contributed by atoms with E-state index in [2.05, 4.69) is 10.3 Å². The summed E-state index contributed by atoms with van der Waals surface area (Å²) in [6.07, 6.45) is 5.23. The predicted octanol–water partition coefficient (Wildman–Crippen LogP) is 5.64. The highest BCUT2D eigenvalue weighted by Crippen LogP contribution is 2.26. The van der Waals surface area contributed by atoms with Crippen LogP contribution in [0.1, 0.15) is 27.0 Å². The average Bonchev–Trinajstić information content (AvgIpc) is 2.74. The topological polar surface area (TPSA) is 79.3 Å². The molecule has 3 rings (SSSR count). The molecule has 0 spiro atoms. The molecule has 3 aromatic rings. The summed E-state index contributed by atoms with van der Waals surface area (Å²) in [5.74, 6) is -1.74. The van der Waals surface area contributed by atoms with E-state index in [1.165, 1.54) is 12.3 Å². The molecule has 31 heavy (non-hydrogen) atoms. The monoisotopic (exact) mass is 474 g/mol. The lowest BCUT2D eigenvalue weighted by molar-refractivity contribution is -0.139. The third-order valence-electron chi connectivity index (χ3n) is 4.47. The Kier molecular flexibility index (Phi) is 7.69. The first kappa shape index (κ1) is 22.8. The minimum absolute atomic E-state index is 0.0129. The normalized spacial score (nSPS) is 12.0. The number of amides is 1. The van der Waals surface area contributed by atoms with Gasteiger partial charge in [-0.15, -0.1) is 0 Å². The van der Waals surface area contributed by atoms with E-state index in [4.69, 9.17) is 34.8 Å². The molecule has 5 nitrogen and oxygen atoms in total. The molecule has 0 fully saturated rings. The molecule has 0 saturated heterocycles. The molecule has 2 N–H and O–H groups in total. The zero-order valence-electron chi connectivity index (χ0n) is 16.1. The Balaban J connectivity index is 1.69. The van der Waals surface area contributed by atoms with Crippen LogP contribution >= 0.6 is 34.8 Å². The maximum Gasteiger partial charge on any atom is 0.326 e. The van der Waals surface area contributed by atoms with Crippen molar-refractivity contribution in [2.75, 3.05) is 0 Å². The number of nitrogens with one attached hydrogen (secondary N) is 1. The largest absolute Gasteiger partial charge is 0.480 e. The van der Waals surface area contributed by atoms with Crippen LogP contribution in [0.3, 0.4) is 0 Å². The van der Waals surface area contributed by atoms with Gasteiger partial charge in [-0.25, -0.2) is 9.78 Å². The van der Waals surface area contributed by atoms with Gasteiger partial charge in [0.1, 0.15) is 11.2 Å². The lowest BCUT2D eigenvalue weighted by Crippen LogP contribution is -2.42. The van der Waals surface area contributed by atoms with Crippen molar-refractivity contribution in [2.45, 2.75) is 12.5 Å². The van der Waals surface area contributed by atoms with Crippen molar-refractivity contribution in [3.63, 3.8) is 0 Å². The van der Waals surface area contributed by atoms with Crippen LogP contribution in [0.25, 0.3) is 12.2 Å². The van der Waals surface area contributed by atoms with Gasteiger partial charge in [0.15, 0.2) is 0 Å². The fourth-order valence-electron chi connectivity index (χ4n) is 2.84. The lowest BCUT2D eigenvalue weighted by Gasteiger charge is -2.15. The van der Waals surface area contributed by atoms with Crippen LogP contribution in [0.2, 0.25) is 15.2 Å². The van der Waals surface area contributed by atoms with E-state index in [0.29, 0.717) is 10.0 Å². The van der Waals surface area contributed by atoms with Crippen molar-refractivity contribution < 1.29 is 14.7 Å². The van der Waals surface area contributed by atoms with E-state index >= 15 is 0 Å². The molecule has 1 heterocycles. The van der Waals surface area contributed by atoms with Gasteiger partial charge in [-0.3, -0.25) is 4.79 Å².